The van der Waals surface area contributed by atoms with Gasteiger partial charge in [0.05, 0.1) is 18.6 Å². The summed E-state index contributed by atoms with van der Waals surface area (Å²) in [6.45, 7) is 8.01. The average Bonchev–Trinajstić information content (AvgIpc) is 3.18. The highest BCUT2D eigenvalue weighted by atomic mass is 35.5. The monoisotopic (exact) mass is 511 g/mol. The Bertz CT molecular complexity index is 1030. The van der Waals surface area contributed by atoms with Crippen molar-refractivity contribution in [1.82, 2.24) is 15.1 Å². The number of amides is 2. The van der Waals surface area contributed by atoms with Crippen molar-refractivity contribution in [2.75, 3.05) is 33.3 Å². The van der Waals surface area contributed by atoms with Gasteiger partial charge in [-0.05, 0) is 74.2 Å². The number of methoxy groups -OCH3 is 1. The highest BCUT2D eigenvalue weighted by Gasteiger charge is 2.47. The van der Waals surface area contributed by atoms with E-state index in [4.69, 9.17) is 16.3 Å². The standard InChI is InChI=1S/C29H38ClN3O3/c1-21(2)27(34)31-26(23-6-8-24(30)9-7-23)12-16-32-17-13-29(14-18-32)15-19-33(28(29)35)20-22-4-10-25(36-3)11-5-22/h4-11,21,26H,12-20H2,1-3H3,(H,31,34). The van der Waals surface area contributed by atoms with Crippen molar-refractivity contribution >= 4 is 23.4 Å². The molecule has 7 heteroatoms. The number of benzene rings is 2. The first-order valence-electron chi connectivity index (χ1n) is 13.0. The van der Waals surface area contributed by atoms with Crippen LogP contribution in [0, 0.1) is 11.3 Å². The molecule has 2 aliphatic heterocycles. The van der Waals surface area contributed by atoms with Crippen LogP contribution in [0.15, 0.2) is 48.5 Å². The number of nitrogens with one attached hydrogen (secondary N) is 1. The molecule has 4 rings (SSSR count). The molecule has 2 fully saturated rings. The molecular formula is C29H38ClN3O3. The van der Waals surface area contributed by atoms with Gasteiger partial charge in [-0.3, -0.25) is 9.59 Å². The molecule has 1 spiro atoms. The van der Waals surface area contributed by atoms with Gasteiger partial charge in [0.25, 0.3) is 0 Å². The van der Waals surface area contributed by atoms with Crippen LogP contribution in [0.1, 0.15) is 56.7 Å². The minimum Gasteiger partial charge on any atom is -0.497 e. The van der Waals surface area contributed by atoms with Crippen molar-refractivity contribution in [2.24, 2.45) is 11.3 Å². The van der Waals surface area contributed by atoms with E-state index in [2.05, 4.69) is 10.2 Å². The molecule has 36 heavy (non-hydrogen) atoms. The van der Waals surface area contributed by atoms with Crippen LogP contribution in [-0.2, 0) is 16.1 Å². The molecule has 2 aromatic rings. The van der Waals surface area contributed by atoms with E-state index >= 15 is 0 Å². The molecule has 0 aromatic heterocycles. The maximum Gasteiger partial charge on any atom is 0.229 e. The first-order chi connectivity index (χ1) is 17.3. The van der Waals surface area contributed by atoms with E-state index < -0.39 is 0 Å². The lowest BCUT2D eigenvalue weighted by atomic mass is 9.77. The van der Waals surface area contributed by atoms with E-state index in [1.807, 2.05) is 67.3 Å². The van der Waals surface area contributed by atoms with Gasteiger partial charge in [0.15, 0.2) is 0 Å². The van der Waals surface area contributed by atoms with Crippen LogP contribution in [-0.4, -0.2) is 54.9 Å². The van der Waals surface area contributed by atoms with E-state index in [9.17, 15) is 9.59 Å². The molecule has 2 aliphatic rings. The number of rotatable bonds is 9. The van der Waals surface area contributed by atoms with Crippen molar-refractivity contribution < 1.29 is 14.3 Å². The molecule has 2 aromatic carbocycles. The Kier molecular flexibility index (Phi) is 8.58. The van der Waals surface area contributed by atoms with Crippen LogP contribution in [0.4, 0.5) is 0 Å². The zero-order chi connectivity index (χ0) is 25.7. The van der Waals surface area contributed by atoms with E-state index in [1.165, 1.54) is 0 Å². The van der Waals surface area contributed by atoms with Gasteiger partial charge in [0, 0.05) is 30.6 Å². The topological polar surface area (TPSA) is 61.9 Å². The Morgan fingerprint density at radius 3 is 2.28 bits per heavy atom. The number of nitrogens with zero attached hydrogens (tertiary/aromatic N) is 2. The van der Waals surface area contributed by atoms with E-state index in [-0.39, 0.29) is 23.3 Å². The molecule has 2 amide bonds. The normalized spacial score (nSPS) is 18.6. The van der Waals surface area contributed by atoms with Gasteiger partial charge in [0.1, 0.15) is 5.75 Å². The Hall–Kier alpha value is -2.57. The van der Waals surface area contributed by atoms with Crippen molar-refractivity contribution in [3.63, 3.8) is 0 Å². The Morgan fingerprint density at radius 2 is 1.67 bits per heavy atom. The van der Waals surface area contributed by atoms with Crippen molar-refractivity contribution in [3.8, 4) is 5.75 Å². The number of hydrogen-bond acceptors (Lipinski definition) is 4. The van der Waals surface area contributed by atoms with Gasteiger partial charge in [-0.1, -0.05) is 49.7 Å². The zero-order valence-corrected chi connectivity index (χ0v) is 22.4. The summed E-state index contributed by atoms with van der Waals surface area (Å²) in [5.41, 5.74) is 1.99. The molecule has 1 unspecified atom stereocenters. The summed E-state index contributed by atoms with van der Waals surface area (Å²) in [4.78, 5) is 30.3. The largest absolute Gasteiger partial charge is 0.497 e. The van der Waals surface area contributed by atoms with Crippen LogP contribution in [0.5, 0.6) is 5.75 Å². The number of piperidine rings is 1. The lowest BCUT2D eigenvalue weighted by molar-refractivity contribution is -0.139. The van der Waals surface area contributed by atoms with Crippen LogP contribution >= 0.6 is 11.6 Å². The molecule has 2 saturated heterocycles. The summed E-state index contributed by atoms with van der Waals surface area (Å²) in [6.07, 6.45) is 3.56. The third-order valence-corrected chi connectivity index (χ3v) is 8.05. The predicted molar refractivity (Wildman–Crippen MR) is 143 cm³/mol. The Balaban J connectivity index is 1.31. The van der Waals surface area contributed by atoms with Crippen molar-refractivity contribution in [1.29, 1.82) is 0 Å². The number of carbonyl (C=O) groups is 2. The summed E-state index contributed by atoms with van der Waals surface area (Å²) >= 11 is 6.08. The lowest BCUT2D eigenvalue weighted by Crippen LogP contribution is -2.45. The number of ether oxygens (including phenoxy) is 1. The summed E-state index contributed by atoms with van der Waals surface area (Å²) < 4.78 is 5.24. The van der Waals surface area contributed by atoms with Gasteiger partial charge in [0.2, 0.25) is 11.8 Å². The minimum atomic E-state index is -0.218. The van der Waals surface area contributed by atoms with E-state index in [1.54, 1.807) is 7.11 Å². The van der Waals surface area contributed by atoms with Crippen LogP contribution in [0.2, 0.25) is 5.02 Å². The van der Waals surface area contributed by atoms with Gasteiger partial charge in [-0.2, -0.15) is 0 Å². The molecule has 2 heterocycles. The maximum atomic E-state index is 13.4. The fraction of sp³-hybridized carbons (Fsp3) is 0.517. The lowest BCUT2D eigenvalue weighted by Gasteiger charge is -2.38. The highest BCUT2D eigenvalue weighted by molar-refractivity contribution is 6.30. The summed E-state index contributed by atoms with van der Waals surface area (Å²) in [6, 6.07) is 15.7. The molecule has 6 nitrogen and oxygen atoms in total. The molecule has 194 valence electrons. The van der Waals surface area contributed by atoms with Crippen LogP contribution in [0.3, 0.4) is 0 Å². The molecule has 0 bridgehead atoms. The number of halogens is 1. The Morgan fingerprint density at radius 1 is 1.03 bits per heavy atom. The van der Waals surface area contributed by atoms with Gasteiger partial charge < -0.3 is 19.9 Å². The highest BCUT2D eigenvalue weighted by Crippen LogP contribution is 2.42. The number of carbonyl (C=O) groups excluding carboxylic acids is 2. The van der Waals surface area contributed by atoms with Crippen molar-refractivity contribution in [3.05, 3.63) is 64.7 Å². The first-order valence-corrected chi connectivity index (χ1v) is 13.4. The molecule has 1 N–H and O–H groups in total. The smallest absolute Gasteiger partial charge is 0.229 e. The van der Waals surface area contributed by atoms with Crippen molar-refractivity contribution in [2.45, 2.75) is 52.1 Å². The number of likely N-dealkylation sites (tertiary alicyclic amines) is 2. The molecule has 0 radical (unpaired) electrons. The average molecular weight is 512 g/mol. The predicted octanol–water partition coefficient (Wildman–Crippen LogP) is 5.07. The van der Waals surface area contributed by atoms with Gasteiger partial charge >= 0.3 is 0 Å². The summed E-state index contributed by atoms with van der Waals surface area (Å²) in [7, 11) is 1.66. The SMILES string of the molecule is COc1ccc(CN2CCC3(CCN(CCC(NC(=O)C(C)C)c4ccc(Cl)cc4)CC3)C2=O)cc1. The van der Waals surface area contributed by atoms with Crippen LogP contribution < -0.4 is 10.1 Å². The fourth-order valence-electron chi connectivity index (χ4n) is 5.33. The quantitative estimate of drug-likeness (QED) is 0.510. The second-order valence-corrected chi connectivity index (χ2v) is 10.9. The minimum absolute atomic E-state index is 0.0545. The molecule has 0 saturated carbocycles. The second kappa shape index (κ2) is 11.7. The molecule has 1 atom stereocenters. The first kappa shape index (κ1) is 26.5. The zero-order valence-electron chi connectivity index (χ0n) is 21.6. The third kappa shape index (κ3) is 6.22. The van der Waals surface area contributed by atoms with Crippen LogP contribution in [0.25, 0.3) is 0 Å². The molecular weight excluding hydrogens is 474 g/mol. The van der Waals surface area contributed by atoms with E-state index in [0.717, 1.165) is 68.7 Å². The Labute approximate surface area is 219 Å². The van der Waals surface area contributed by atoms with Gasteiger partial charge in [-0.15, -0.1) is 0 Å². The van der Waals surface area contributed by atoms with E-state index in [0.29, 0.717) is 17.5 Å². The third-order valence-electron chi connectivity index (χ3n) is 7.79. The van der Waals surface area contributed by atoms with Gasteiger partial charge in [-0.25, -0.2) is 0 Å². The molecule has 0 aliphatic carbocycles. The second-order valence-electron chi connectivity index (χ2n) is 10.5. The maximum absolute atomic E-state index is 13.4. The summed E-state index contributed by atoms with van der Waals surface area (Å²) in [5.74, 6) is 1.13. The summed E-state index contributed by atoms with van der Waals surface area (Å²) in [5, 5.41) is 3.90. The fourth-order valence-corrected chi connectivity index (χ4v) is 5.46. The number of hydrogen-bond donors (Lipinski definition) is 1.